The maximum absolute atomic E-state index is 12.3. The number of ether oxygens (including phenoxy) is 1. The Kier molecular flexibility index (Phi) is 5.96. The van der Waals surface area contributed by atoms with E-state index in [0.29, 0.717) is 11.1 Å². The van der Waals surface area contributed by atoms with Gasteiger partial charge in [-0.1, -0.05) is 24.0 Å². The first-order valence-electron chi connectivity index (χ1n) is 7.21. The number of rotatable bonds is 5. The van der Waals surface area contributed by atoms with Gasteiger partial charge in [0.2, 0.25) is 11.6 Å². The summed E-state index contributed by atoms with van der Waals surface area (Å²) in [6, 6.07) is 9.73. The second-order valence-electron chi connectivity index (χ2n) is 5.03. The van der Waals surface area contributed by atoms with Gasteiger partial charge in [-0.2, -0.15) is 8.78 Å². The highest BCUT2D eigenvalue weighted by atomic mass is 19.3. The molecule has 0 aliphatic carbocycles. The van der Waals surface area contributed by atoms with Gasteiger partial charge in [-0.05, 0) is 42.8 Å². The highest BCUT2D eigenvalue weighted by molar-refractivity contribution is 6.49. The molecule has 0 saturated carbocycles. The van der Waals surface area contributed by atoms with Crippen molar-refractivity contribution in [2.45, 2.75) is 13.5 Å². The van der Waals surface area contributed by atoms with Crippen LogP contribution >= 0.6 is 0 Å². The van der Waals surface area contributed by atoms with Gasteiger partial charge >= 0.3 is 6.61 Å². The SMILES string of the molecule is Cc1cc(C(=O)C(=O)c2cccc(C#CCF)c2)ccc1OC(F)F. The van der Waals surface area contributed by atoms with Crippen LogP contribution in [0.1, 0.15) is 31.8 Å². The molecule has 3 nitrogen and oxygen atoms in total. The molecule has 2 aromatic rings. The summed E-state index contributed by atoms with van der Waals surface area (Å²) in [6.45, 7) is -2.30. The van der Waals surface area contributed by atoms with Gasteiger partial charge in [0, 0.05) is 16.7 Å². The Bertz CT molecular complexity index is 864. The monoisotopic (exact) mass is 346 g/mol. The molecule has 0 fully saturated rings. The Hall–Kier alpha value is -3.07. The molecule has 0 radical (unpaired) electrons. The fourth-order valence-corrected chi connectivity index (χ4v) is 2.15. The molecular weight excluding hydrogens is 333 g/mol. The number of ketones is 2. The van der Waals surface area contributed by atoms with Gasteiger partial charge in [0.25, 0.3) is 0 Å². The third kappa shape index (κ3) is 4.70. The van der Waals surface area contributed by atoms with E-state index in [1.54, 1.807) is 6.07 Å². The van der Waals surface area contributed by atoms with E-state index in [2.05, 4.69) is 16.6 Å². The first kappa shape index (κ1) is 18.3. The summed E-state index contributed by atoms with van der Waals surface area (Å²) in [6.07, 6.45) is 0. The molecule has 0 amide bonds. The summed E-state index contributed by atoms with van der Waals surface area (Å²) in [5, 5.41) is 0. The zero-order valence-corrected chi connectivity index (χ0v) is 13.2. The lowest BCUT2D eigenvalue weighted by Gasteiger charge is -2.09. The summed E-state index contributed by atoms with van der Waals surface area (Å²) < 4.78 is 40.9. The number of aryl methyl sites for hydroxylation is 1. The van der Waals surface area contributed by atoms with Crippen molar-refractivity contribution in [3.63, 3.8) is 0 Å². The fourth-order valence-electron chi connectivity index (χ4n) is 2.15. The van der Waals surface area contributed by atoms with Gasteiger partial charge in [0.15, 0.2) is 6.67 Å². The highest BCUT2D eigenvalue weighted by Gasteiger charge is 2.20. The minimum absolute atomic E-state index is 0.0596. The number of Topliss-reactive ketones (excluding diaryl/α,β-unsaturated/α-hetero) is 2. The quantitative estimate of drug-likeness (QED) is 0.467. The van der Waals surface area contributed by atoms with Crippen LogP contribution in [0.25, 0.3) is 0 Å². The van der Waals surface area contributed by atoms with Crippen LogP contribution in [0, 0.1) is 18.8 Å². The summed E-state index contributed by atoms with van der Waals surface area (Å²) >= 11 is 0. The minimum atomic E-state index is -2.98. The molecule has 0 saturated heterocycles. The molecule has 0 N–H and O–H groups in total. The average molecular weight is 346 g/mol. The Morgan fingerprint density at radius 2 is 1.76 bits per heavy atom. The molecule has 0 atom stereocenters. The first-order valence-corrected chi connectivity index (χ1v) is 7.21. The van der Waals surface area contributed by atoms with Gasteiger partial charge in [-0.3, -0.25) is 9.59 Å². The fraction of sp³-hybridized carbons (Fsp3) is 0.158. The van der Waals surface area contributed by atoms with Crippen molar-refractivity contribution < 1.29 is 27.5 Å². The van der Waals surface area contributed by atoms with Crippen LogP contribution < -0.4 is 4.74 Å². The molecule has 0 aromatic heterocycles. The Labute approximate surface area is 142 Å². The van der Waals surface area contributed by atoms with E-state index in [0.717, 1.165) is 0 Å². The average Bonchev–Trinajstić information content (AvgIpc) is 2.60. The van der Waals surface area contributed by atoms with Crippen molar-refractivity contribution in [1.29, 1.82) is 0 Å². The van der Waals surface area contributed by atoms with Crippen LogP contribution in [-0.2, 0) is 0 Å². The molecule has 0 aliphatic rings. The molecule has 128 valence electrons. The van der Waals surface area contributed by atoms with Gasteiger partial charge in [0.05, 0.1) is 0 Å². The van der Waals surface area contributed by atoms with Crippen LogP contribution in [0.2, 0.25) is 0 Å². The molecular formula is C19H13F3O3. The van der Waals surface area contributed by atoms with E-state index >= 15 is 0 Å². The summed E-state index contributed by atoms with van der Waals surface area (Å²) in [4.78, 5) is 24.6. The Balaban J connectivity index is 2.25. The molecule has 0 unspecified atom stereocenters. The summed E-state index contributed by atoms with van der Waals surface area (Å²) in [7, 11) is 0. The molecule has 0 bridgehead atoms. The van der Waals surface area contributed by atoms with E-state index < -0.39 is 24.9 Å². The maximum atomic E-state index is 12.3. The largest absolute Gasteiger partial charge is 0.435 e. The number of alkyl halides is 3. The van der Waals surface area contributed by atoms with Crippen LogP contribution in [0.3, 0.4) is 0 Å². The summed E-state index contributed by atoms with van der Waals surface area (Å²) in [5.74, 6) is 3.13. The van der Waals surface area contributed by atoms with E-state index in [4.69, 9.17) is 0 Å². The lowest BCUT2D eigenvalue weighted by atomic mass is 9.99. The predicted molar refractivity (Wildman–Crippen MR) is 85.8 cm³/mol. The molecule has 2 aromatic carbocycles. The van der Waals surface area contributed by atoms with Crippen molar-refractivity contribution in [1.82, 2.24) is 0 Å². The lowest BCUT2D eigenvalue weighted by Crippen LogP contribution is -2.15. The molecule has 0 spiro atoms. The van der Waals surface area contributed by atoms with Crippen molar-refractivity contribution >= 4 is 11.6 Å². The van der Waals surface area contributed by atoms with Crippen LogP contribution in [0.5, 0.6) is 5.75 Å². The standard InChI is InChI=1S/C19H13F3O3/c1-12-10-15(7-8-16(12)25-19(21)22)18(24)17(23)14-6-2-4-13(11-14)5-3-9-20/h2,4,6-8,10-11,19H,9H2,1H3. The second-order valence-corrected chi connectivity index (χ2v) is 5.03. The van der Waals surface area contributed by atoms with Crippen molar-refractivity contribution in [3.05, 3.63) is 64.7 Å². The molecule has 25 heavy (non-hydrogen) atoms. The zero-order valence-electron chi connectivity index (χ0n) is 13.2. The molecule has 0 aliphatic heterocycles. The Morgan fingerprint density at radius 1 is 1.08 bits per heavy atom. The topological polar surface area (TPSA) is 43.4 Å². The second kappa shape index (κ2) is 8.15. The van der Waals surface area contributed by atoms with E-state index in [1.807, 2.05) is 0 Å². The third-order valence-electron chi connectivity index (χ3n) is 3.28. The van der Waals surface area contributed by atoms with Gasteiger partial charge < -0.3 is 4.74 Å². The van der Waals surface area contributed by atoms with Crippen molar-refractivity contribution in [2.24, 2.45) is 0 Å². The number of carbonyl (C=O) groups is 2. The number of carbonyl (C=O) groups excluding carboxylic acids is 2. The molecule has 6 heteroatoms. The number of hydrogen-bond acceptors (Lipinski definition) is 3. The van der Waals surface area contributed by atoms with Gasteiger partial charge in [0.1, 0.15) is 5.75 Å². The third-order valence-corrected chi connectivity index (χ3v) is 3.28. The molecule has 2 rings (SSSR count). The predicted octanol–water partition coefficient (Wildman–Crippen LogP) is 3.98. The normalized spacial score (nSPS) is 10.1. The van der Waals surface area contributed by atoms with Crippen molar-refractivity contribution in [2.75, 3.05) is 6.67 Å². The number of halogens is 3. The van der Waals surface area contributed by atoms with Gasteiger partial charge in [-0.15, -0.1) is 0 Å². The Morgan fingerprint density at radius 3 is 2.36 bits per heavy atom. The van der Waals surface area contributed by atoms with E-state index in [1.165, 1.54) is 43.3 Å². The smallest absolute Gasteiger partial charge is 0.387 e. The highest BCUT2D eigenvalue weighted by Crippen LogP contribution is 2.22. The van der Waals surface area contributed by atoms with E-state index in [9.17, 15) is 22.8 Å². The van der Waals surface area contributed by atoms with E-state index in [-0.39, 0.29) is 16.9 Å². The lowest BCUT2D eigenvalue weighted by molar-refractivity contribution is -0.0502. The van der Waals surface area contributed by atoms with Crippen molar-refractivity contribution in [3.8, 4) is 17.6 Å². The summed E-state index contributed by atoms with van der Waals surface area (Å²) in [5.41, 5.74) is 0.889. The maximum Gasteiger partial charge on any atom is 0.387 e. The molecule has 0 heterocycles. The number of benzene rings is 2. The first-order chi connectivity index (χ1) is 11.9. The van der Waals surface area contributed by atoms with Crippen LogP contribution in [-0.4, -0.2) is 24.9 Å². The minimum Gasteiger partial charge on any atom is -0.435 e. The zero-order chi connectivity index (χ0) is 18.4. The van der Waals surface area contributed by atoms with Crippen LogP contribution in [0.15, 0.2) is 42.5 Å². The number of hydrogen-bond donors (Lipinski definition) is 0. The van der Waals surface area contributed by atoms with Crippen LogP contribution in [0.4, 0.5) is 13.2 Å². The van der Waals surface area contributed by atoms with Gasteiger partial charge in [-0.25, -0.2) is 4.39 Å².